The third-order valence-corrected chi connectivity index (χ3v) is 8.52. The van der Waals surface area contributed by atoms with Gasteiger partial charge in [-0.3, -0.25) is 18.7 Å². The maximum absolute atomic E-state index is 13.6. The molecule has 1 saturated heterocycles. The number of fused-ring (bicyclic) bond motifs is 1. The van der Waals surface area contributed by atoms with Gasteiger partial charge in [-0.1, -0.05) is 23.8 Å². The molecule has 2 aliphatic rings. The standard InChI is InChI=1S/C27H33N3O4S/c1-18-3-4-19(2)22(15-18)17-29-23-9-14-35-24(23)26(32)30(27(29)33)16-20-5-7-21(8-6-20)25(31)28-10-12-34-13-11-28/h3-4,9,14-15,20-21H,5-8,10-13,16-17H2,1-2H3. The van der Waals surface area contributed by atoms with Crippen LogP contribution in [0.2, 0.25) is 0 Å². The van der Waals surface area contributed by atoms with Gasteiger partial charge in [-0.2, -0.15) is 0 Å². The number of nitrogens with zero attached hydrogens (tertiary/aromatic N) is 3. The SMILES string of the molecule is Cc1ccc(C)c(Cn2c(=O)n(CC3CCC(C(=O)N4CCOCC4)CC3)c(=O)c3sccc32)c1. The van der Waals surface area contributed by atoms with E-state index >= 15 is 0 Å². The zero-order chi connectivity index (χ0) is 24.5. The lowest BCUT2D eigenvalue weighted by Gasteiger charge is -2.34. The van der Waals surface area contributed by atoms with Gasteiger partial charge in [-0.15, -0.1) is 11.3 Å². The predicted molar refractivity (Wildman–Crippen MR) is 138 cm³/mol. The van der Waals surface area contributed by atoms with E-state index in [0.717, 1.165) is 42.4 Å². The Balaban J connectivity index is 1.36. The van der Waals surface area contributed by atoms with Crippen LogP contribution in [0.1, 0.15) is 42.4 Å². The van der Waals surface area contributed by atoms with Crippen LogP contribution in [0.15, 0.2) is 39.2 Å². The number of carbonyl (C=O) groups is 1. The van der Waals surface area contributed by atoms with Crippen molar-refractivity contribution in [1.29, 1.82) is 0 Å². The number of hydrogen-bond acceptors (Lipinski definition) is 5. The smallest absolute Gasteiger partial charge is 0.331 e. The molecule has 1 aromatic carbocycles. The Morgan fingerprint density at radius 1 is 1.03 bits per heavy atom. The third kappa shape index (κ3) is 4.86. The third-order valence-electron chi connectivity index (χ3n) is 7.63. The summed E-state index contributed by atoms with van der Waals surface area (Å²) in [6.45, 7) is 7.54. The monoisotopic (exact) mass is 495 g/mol. The van der Waals surface area contributed by atoms with Gasteiger partial charge in [0.1, 0.15) is 4.70 Å². The van der Waals surface area contributed by atoms with Crippen molar-refractivity contribution in [1.82, 2.24) is 14.0 Å². The minimum Gasteiger partial charge on any atom is -0.378 e. The average molecular weight is 496 g/mol. The normalized spacial score (nSPS) is 20.9. The lowest BCUT2D eigenvalue weighted by molar-refractivity contribution is -0.141. The highest BCUT2D eigenvalue weighted by atomic mass is 32.1. The lowest BCUT2D eigenvalue weighted by Crippen LogP contribution is -2.45. The first-order chi connectivity index (χ1) is 16.9. The first-order valence-electron chi connectivity index (χ1n) is 12.6. The number of rotatable bonds is 5. The summed E-state index contributed by atoms with van der Waals surface area (Å²) in [5.41, 5.74) is 3.65. The summed E-state index contributed by atoms with van der Waals surface area (Å²) in [4.78, 5) is 41.7. The van der Waals surface area contributed by atoms with Gasteiger partial charge in [0.15, 0.2) is 0 Å². The summed E-state index contributed by atoms with van der Waals surface area (Å²) in [6.07, 6.45) is 3.33. The molecule has 0 N–H and O–H groups in total. The number of carbonyl (C=O) groups excluding carboxylic acids is 1. The molecular weight excluding hydrogens is 462 g/mol. The van der Waals surface area contributed by atoms with Crippen LogP contribution in [0.25, 0.3) is 10.2 Å². The first-order valence-corrected chi connectivity index (χ1v) is 13.4. The highest BCUT2D eigenvalue weighted by Crippen LogP contribution is 2.31. The number of morpholine rings is 1. The van der Waals surface area contributed by atoms with Crippen molar-refractivity contribution in [2.45, 2.75) is 52.6 Å². The Kier molecular flexibility index (Phi) is 6.93. The zero-order valence-electron chi connectivity index (χ0n) is 20.5. The molecule has 0 spiro atoms. The van der Waals surface area contributed by atoms with E-state index in [1.54, 1.807) is 4.57 Å². The molecule has 0 atom stereocenters. The molecule has 2 fully saturated rings. The van der Waals surface area contributed by atoms with Gasteiger partial charge in [-0.05, 0) is 68.0 Å². The van der Waals surface area contributed by atoms with Crippen LogP contribution in [0.4, 0.5) is 0 Å². The second-order valence-corrected chi connectivity index (χ2v) is 10.9. The number of hydrogen-bond donors (Lipinski definition) is 0. The van der Waals surface area contributed by atoms with Gasteiger partial charge in [0.25, 0.3) is 5.56 Å². The van der Waals surface area contributed by atoms with Crippen LogP contribution >= 0.6 is 11.3 Å². The van der Waals surface area contributed by atoms with Crippen molar-refractivity contribution in [3.8, 4) is 0 Å². The number of benzene rings is 1. The van der Waals surface area contributed by atoms with E-state index in [1.165, 1.54) is 15.9 Å². The van der Waals surface area contributed by atoms with E-state index in [-0.39, 0.29) is 29.0 Å². The van der Waals surface area contributed by atoms with Crippen LogP contribution in [0.3, 0.4) is 0 Å². The molecule has 7 nitrogen and oxygen atoms in total. The fourth-order valence-electron chi connectivity index (χ4n) is 5.48. The van der Waals surface area contributed by atoms with Gasteiger partial charge < -0.3 is 9.64 Å². The molecule has 0 radical (unpaired) electrons. The maximum Gasteiger partial charge on any atom is 0.331 e. The van der Waals surface area contributed by atoms with Gasteiger partial charge in [0.05, 0.1) is 25.3 Å². The molecule has 0 unspecified atom stereocenters. The summed E-state index contributed by atoms with van der Waals surface area (Å²) in [6, 6.07) is 8.14. The molecule has 5 rings (SSSR count). The first kappa shape index (κ1) is 24.0. The molecule has 35 heavy (non-hydrogen) atoms. The van der Waals surface area contributed by atoms with E-state index in [9.17, 15) is 14.4 Å². The number of aryl methyl sites for hydroxylation is 2. The van der Waals surface area contributed by atoms with Crippen LogP contribution < -0.4 is 11.2 Å². The molecule has 1 saturated carbocycles. The predicted octanol–water partition coefficient (Wildman–Crippen LogP) is 3.56. The Morgan fingerprint density at radius 2 is 1.77 bits per heavy atom. The van der Waals surface area contributed by atoms with Crippen molar-refractivity contribution in [2.75, 3.05) is 26.3 Å². The number of aromatic nitrogens is 2. The average Bonchev–Trinajstić information content (AvgIpc) is 3.37. The summed E-state index contributed by atoms with van der Waals surface area (Å²) >= 11 is 1.40. The highest BCUT2D eigenvalue weighted by Gasteiger charge is 2.31. The molecule has 186 valence electrons. The fourth-order valence-corrected chi connectivity index (χ4v) is 6.32. The van der Waals surface area contributed by atoms with Crippen LogP contribution in [-0.4, -0.2) is 46.2 Å². The summed E-state index contributed by atoms with van der Waals surface area (Å²) in [5, 5.41) is 1.89. The van der Waals surface area contributed by atoms with Crippen molar-refractivity contribution < 1.29 is 9.53 Å². The van der Waals surface area contributed by atoms with Gasteiger partial charge in [0.2, 0.25) is 5.91 Å². The quantitative estimate of drug-likeness (QED) is 0.543. The van der Waals surface area contributed by atoms with Crippen molar-refractivity contribution >= 4 is 27.5 Å². The largest absolute Gasteiger partial charge is 0.378 e. The summed E-state index contributed by atoms with van der Waals surface area (Å²) in [7, 11) is 0. The van der Waals surface area contributed by atoms with Crippen molar-refractivity contribution in [3.63, 3.8) is 0 Å². The van der Waals surface area contributed by atoms with E-state index in [1.807, 2.05) is 23.3 Å². The van der Waals surface area contributed by atoms with Crippen LogP contribution in [0.5, 0.6) is 0 Å². The van der Waals surface area contributed by atoms with Crippen LogP contribution in [-0.2, 0) is 22.6 Å². The molecule has 8 heteroatoms. The molecule has 3 heterocycles. The van der Waals surface area contributed by atoms with Gasteiger partial charge in [0, 0.05) is 25.6 Å². The topological polar surface area (TPSA) is 73.5 Å². The molecule has 0 bridgehead atoms. The lowest BCUT2D eigenvalue weighted by atomic mass is 9.81. The molecule has 1 aliphatic carbocycles. The summed E-state index contributed by atoms with van der Waals surface area (Å²) < 4.78 is 9.20. The fraction of sp³-hybridized carbons (Fsp3) is 0.519. The Morgan fingerprint density at radius 3 is 2.51 bits per heavy atom. The van der Waals surface area contributed by atoms with E-state index in [2.05, 4.69) is 25.1 Å². The molecule has 3 aromatic rings. The van der Waals surface area contributed by atoms with E-state index in [4.69, 9.17) is 4.74 Å². The molecule has 1 amide bonds. The second kappa shape index (κ2) is 10.1. The second-order valence-electron chi connectivity index (χ2n) is 10.0. The minimum absolute atomic E-state index is 0.0433. The molecule has 2 aromatic heterocycles. The Hall–Kier alpha value is -2.71. The maximum atomic E-state index is 13.6. The van der Waals surface area contributed by atoms with Gasteiger partial charge >= 0.3 is 5.69 Å². The number of amides is 1. The Labute approximate surface area is 208 Å². The number of ether oxygens (including phenoxy) is 1. The molecule has 1 aliphatic heterocycles. The van der Waals surface area contributed by atoms with Crippen molar-refractivity contribution in [3.05, 3.63) is 67.2 Å². The Bertz CT molecular complexity index is 1340. The van der Waals surface area contributed by atoms with Crippen LogP contribution in [0, 0.1) is 25.7 Å². The summed E-state index contributed by atoms with van der Waals surface area (Å²) in [5.74, 6) is 0.502. The molecular formula is C27H33N3O4S. The van der Waals surface area contributed by atoms with Crippen molar-refractivity contribution in [2.24, 2.45) is 11.8 Å². The minimum atomic E-state index is -0.242. The van der Waals surface area contributed by atoms with Gasteiger partial charge in [-0.25, -0.2) is 4.79 Å². The number of thiophene rings is 1. The van der Waals surface area contributed by atoms with E-state index in [0.29, 0.717) is 49.6 Å². The highest BCUT2D eigenvalue weighted by molar-refractivity contribution is 7.17. The zero-order valence-corrected chi connectivity index (χ0v) is 21.3. The van der Waals surface area contributed by atoms with E-state index < -0.39 is 0 Å².